The Balaban J connectivity index is 1.73. The molecule has 0 spiro atoms. The van der Waals surface area contributed by atoms with Crippen LogP contribution in [-0.2, 0) is 0 Å². The second-order valence-corrected chi connectivity index (χ2v) is 4.38. The molecule has 0 aliphatic carbocycles. The Hall–Kier alpha value is -2.51. The van der Waals surface area contributed by atoms with Crippen LogP contribution >= 0.6 is 11.6 Å². The summed E-state index contributed by atoms with van der Waals surface area (Å²) in [5.74, 6) is 5.94. The minimum absolute atomic E-state index is 0.211. The predicted molar refractivity (Wildman–Crippen MR) is 81.3 cm³/mol. The lowest BCUT2D eigenvalue weighted by Crippen LogP contribution is -2.24. The molecule has 106 valence electrons. The molecule has 1 heterocycles. The van der Waals surface area contributed by atoms with E-state index in [9.17, 15) is 4.79 Å². The average molecular weight is 301 g/mol. The van der Waals surface area contributed by atoms with Crippen LogP contribution in [0, 0.1) is 11.8 Å². The zero-order chi connectivity index (χ0) is 14.9. The van der Waals surface area contributed by atoms with Gasteiger partial charge in [0.2, 0.25) is 0 Å². The van der Waals surface area contributed by atoms with E-state index < -0.39 is 0 Å². The smallest absolute Gasteiger partial charge is 0.270 e. The third-order valence-corrected chi connectivity index (χ3v) is 2.81. The van der Waals surface area contributed by atoms with Crippen molar-refractivity contribution in [3.05, 3.63) is 59.4 Å². The first kappa shape index (κ1) is 14.9. The molecule has 5 heteroatoms. The normalized spacial score (nSPS) is 9.38. The van der Waals surface area contributed by atoms with Crippen molar-refractivity contribution in [2.45, 2.75) is 0 Å². The molecule has 0 saturated heterocycles. The molecular formula is C16H13ClN2O2. The first-order valence-electron chi connectivity index (χ1n) is 6.29. The summed E-state index contributed by atoms with van der Waals surface area (Å²) < 4.78 is 5.40. The lowest BCUT2D eigenvalue weighted by Gasteiger charge is -2.03. The summed E-state index contributed by atoms with van der Waals surface area (Å²) in [6.07, 6.45) is 1.57. The molecule has 1 N–H and O–H groups in total. The highest BCUT2D eigenvalue weighted by Gasteiger charge is 2.03. The minimum atomic E-state index is -0.253. The van der Waals surface area contributed by atoms with E-state index in [0.717, 1.165) is 0 Å². The highest BCUT2D eigenvalue weighted by atomic mass is 35.5. The number of aromatic nitrogens is 1. The van der Waals surface area contributed by atoms with Gasteiger partial charge in [0, 0.05) is 6.20 Å². The molecule has 0 fully saturated rings. The van der Waals surface area contributed by atoms with E-state index in [4.69, 9.17) is 16.3 Å². The molecule has 21 heavy (non-hydrogen) atoms. The fraction of sp³-hybridized carbons (Fsp3) is 0.125. The van der Waals surface area contributed by atoms with Crippen molar-refractivity contribution in [2.75, 3.05) is 13.2 Å². The number of pyridine rings is 1. The lowest BCUT2D eigenvalue weighted by molar-refractivity contribution is 0.0953. The van der Waals surface area contributed by atoms with E-state index in [-0.39, 0.29) is 19.1 Å². The van der Waals surface area contributed by atoms with Crippen molar-refractivity contribution in [1.82, 2.24) is 10.3 Å². The number of carbonyl (C=O) groups is 1. The Morgan fingerprint density at radius 1 is 1.19 bits per heavy atom. The topological polar surface area (TPSA) is 51.2 Å². The van der Waals surface area contributed by atoms with Gasteiger partial charge in [0.25, 0.3) is 5.91 Å². The number of rotatable bonds is 4. The van der Waals surface area contributed by atoms with Crippen LogP contribution in [0.1, 0.15) is 10.5 Å². The number of carbonyl (C=O) groups excluding carboxylic acids is 1. The Morgan fingerprint density at radius 3 is 2.76 bits per heavy atom. The van der Waals surface area contributed by atoms with E-state index in [1.807, 2.05) is 12.1 Å². The number of benzene rings is 1. The molecule has 1 aromatic carbocycles. The van der Waals surface area contributed by atoms with Crippen LogP contribution in [0.15, 0.2) is 48.7 Å². The van der Waals surface area contributed by atoms with Gasteiger partial charge in [-0.3, -0.25) is 9.78 Å². The molecule has 1 aromatic heterocycles. The second kappa shape index (κ2) is 7.93. The Kier molecular flexibility index (Phi) is 5.62. The quantitative estimate of drug-likeness (QED) is 0.883. The average Bonchev–Trinajstić information content (AvgIpc) is 2.53. The van der Waals surface area contributed by atoms with Crippen LogP contribution in [0.2, 0.25) is 5.02 Å². The maximum Gasteiger partial charge on any atom is 0.270 e. The molecular weight excluding hydrogens is 288 g/mol. The summed E-state index contributed by atoms with van der Waals surface area (Å²) in [5.41, 5.74) is 0.367. The van der Waals surface area contributed by atoms with Crippen LogP contribution in [-0.4, -0.2) is 24.0 Å². The summed E-state index contributed by atoms with van der Waals surface area (Å²) in [7, 11) is 0. The summed E-state index contributed by atoms with van der Waals surface area (Å²) in [5, 5.41) is 3.20. The molecule has 0 bridgehead atoms. The van der Waals surface area contributed by atoms with Gasteiger partial charge < -0.3 is 10.1 Å². The van der Waals surface area contributed by atoms with Gasteiger partial charge in [-0.25, -0.2) is 0 Å². The van der Waals surface area contributed by atoms with Crippen molar-refractivity contribution < 1.29 is 9.53 Å². The fourth-order valence-corrected chi connectivity index (χ4v) is 1.69. The van der Waals surface area contributed by atoms with Crippen molar-refractivity contribution in [1.29, 1.82) is 0 Å². The molecule has 4 nitrogen and oxygen atoms in total. The van der Waals surface area contributed by atoms with Gasteiger partial charge in [-0.15, -0.1) is 0 Å². The molecule has 2 aromatic rings. The Bertz CT molecular complexity index is 663. The number of halogens is 1. The molecule has 0 radical (unpaired) electrons. The number of nitrogens with one attached hydrogen (secondary N) is 1. The van der Waals surface area contributed by atoms with E-state index in [0.29, 0.717) is 16.5 Å². The van der Waals surface area contributed by atoms with Gasteiger partial charge in [-0.2, -0.15) is 0 Å². The third-order valence-electron chi connectivity index (χ3n) is 2.50. The predicted octanol–water partition coefficient (Wildman–Crippen LogP) is 2.55. The lowest BCUT2D eigenvalue weighted by atomic mass is 10.3. The van der Waals surface area contributed by atoms with Gasteiger partial charge in [0.05, 0.1) is 11.6 Å². The molecule has 0 atom stereocenters. The van der Waals surface area contributed by atoms with E-state index in [1.54, 1.807) is 36.5 Å². The van der Waals surface area contributed by atoms with Crippen LogP contribution < -0.4 is 10.1 Å². The van der Waals surface area contributed by atoms with Crippen molar-refractivity contribution in [3.63, 3.8) is 0 Å². The Labute approximate surface area is 128 Å². The summed E-state index contributed by atoms with van der Waals surface area (Å²) in [4.78, 5) is 15.6. The van der Waals surface area contributed by atoms with Gasteiger partial charge >= 0.3 is 0 Å². The molecule has 2 rings (SSSR count). The second-order valence-electron chi connectivity index (χ2n) is 3.97. The SMILES string of the molecule is O=C(NCC#CCOc1ccccc1Cl)c1ccccn1. The van der Waals surface area contributed by atoms with E-state index in [2.05, 4.69) is 22.1 Å². The highest BCUT2D eigenvalue weighted by Crippen LogP contribution is 2.22. The van der Waals surface area contributed by atoms with Crippen LogP contribution in [0.5, 0.6) is 5.75 Å². The fourth-order valence-electron chi connectivity index (χ4n) is 1.50. The van der Waals surface area contributed by atoms with Crippen molar-refractivity contribution >= 4 is 17.5 Å². The van der Waals surface area contributed by atoms with Gasteiger partial charge in [-0.1, -0.05) is 41.6 Å². The molecule has 1 amide bonds. The third kappa shape index (κ3) is 4.83. The van der Waals surface area contributed by atoms with Gasteiger partial charge in [0.1, 0.15) is 18.1 Å². The Morgan fingerprint density at radius 2 is 2.00 bits per heavy atom. The van der Waals surface area contributed by atoms with Gasteiger partial charge in [0.15, 0.2) is 0 Å². The molecule has 0 unspecified atom stereocenters. The van der Waals surface area contributed by atoms with Crippen molar-refractivity contribution in [3.8, 4) is 17.6 Å². The number of hydrogen-bond donors (Lipinski definition) is 1. The number of amides is 1. The first-order chi connectivity index (χ1) is 10.3. The van der Waals surface area contributed by atoms with Crippen LogP contribution in [0.25, 0.3) is 0 Å². The van der Waals surface area contributed by atoms with Crippen LogP contribution in [0.4, 0.5) is 0 Å². The van der Waals surface area contributed by atoms with Crippen LogP contribution in [0.3, 0.4) is 0 Å². The number of hydrogen-bond acceptors (Lipinski definition) is 3. The molecule has 0 aliphatic heterocycles. The van der Waals surface area contributed by atoms with Gasteiger partial charge in [-0.05, 0) is 24.3 Å². The zero-order valence-electron chi connectivity index (χ0n) is 11.2. The first-order valence-corrected chi connectivity index (χ1v) is 6.67. The number of para-hydroxylation sites is 1. The number of nitrogens with zero attached hydrogens (tertiary/aromatic N) is 1. The summed E-state index contributed by atoms with van der Waals surface area (Å²) in [6.45, 7) is 0.449. The maximum atomic E-state index is 11.7. The van der Waals surface area contributed by atoms with Crippen molar-refractivity contribution in [2.24, 2.45) is 0 Å². The minimum Gasteiger partial charge on any atom is -0.479 e. The monoisotopic (exact) mass is 300 g/mol. The van der Waals surface area contributed by atoms with E-state index in [1.165, 1.54) is 0 Å². The van der Waals surface area contributed by atoms with E-state index >= 15 is 0 Å². The zero-order valence-corrected chi connectivity index (χ0v) is 11.9. The summed E-state index contributed by atoms with van der Waals surface area (Å²) >= 11 is 5.94. The standard InChI is InChI=1S/C16H13ClN2O2/c17-13-7-1-2-9-15(13)21-12-6-5-11-19-16(20)14-8-3-4-10-18-14/h1-4,7-10H,11-12H2,(H,19,20). The largest absolute Gasteiger partial charge is 0.479 e. The maximum absolute atomic E-state index is 11.7. The number of ether oxygens (including phenoxy) is 1. The summed E-state index contributed by atoms with van der Waals surface area (Å²) in [6, 6.07) is 12.3. The molecule has 0 saturated carbocycles. The molecule has 0 aliphatic rings. The highest BCUT2D eigenvalue weighted by molar-refractivity contribution is 6.32.